The lowest BCUT2D eigenvalue weighted by Crippen LogP contribution is -2.27. The minimum atomic E-state index is 0.422. The Morgan fingerprint density at radius 1 is 1.45 bits per heavy atom. The standard InChI is InChI=1S/C9H20N2/c1-2-3-8(10)6-7-11-9-4-5-9/h8-9,11H,2-7,10H2,1H3. The van der Waals surface area contributed by atoms with Crippen LogP contribution in [0.15, 0.2) is 0 Å². The third kappa shape index (κ3) is 4.38. The molecule has 0 aromatic heterocycles. The maximum atomic E-state index is 5.85. The highest BCUT2D eigenvalue weighted by Crippen LogP contribution is 2.18. The molecule has 2 nitrogen and oxygen atoms in total. The average molecular weight is 156 g/mol. The van der Waals surface area contributed by atoms with Crippen LogP contribution in [0.3, 0.4) is 0 Å². The molecule has 1 saturated carbocycles. The molecule has 1 aliphatic carbocycles. The van der Waals surface area contributed by atoms with Gasteiger partial charge in [0.15, 0.2) is 0 Å². The van der Waals surface area contributed by atoms with Crippen molar-refractivity contribution < 1.29 is 0 Å². The minimum Gasteiger partial charge on any atom is -0.328 e. The monoisotopic (exact) mass is 156 g/mol. The Hall–Kier alpha value is -0.0800. The van der Waals surface area contributed by atoms with E-state index in [2.05, 4.69) is 12.2 Å². The van der Waals surface area contributed by atoms with Crippen molar-refractivity contribution >= 4 is 0 Å². The van der Waals surface area contributed by atoms with Crippen molar-refractivity contribution in [1.82, 2.24) is 5.32 Å². The van der Waals surface area contributed by atoms with Crippen LogP contribution in [0.1, 0.15) is 39.0 Å². The molecule has 2 heteroatoms. The Kier molecular flexibility index (Phi) is 3.87. The summed E-state index contributed by atoms with van der Waals surface area (Å²) in [4.78, 5) is 0. The summed E-state index contributed by atoms with van der Waals surface area (Å²) < 4.78 is 0. The Balaban J connectivity index is 1.84. The van der Waals surface area contributed by atoms with Crippen molar-refractivity contribution in [3.63, 3.8) is 0 Å². The van der Waals surface area contributed by atoms with Crippen LogP contribution in [-0.2, 0) is 0 Å². The Morgan fingerprint density at radius 2 is 2.18 bits per heavy atom. The maximum absolute atomic E-state index is 5.85. The van der Waals surface area contributed by atoms with E-state index in [4.69, 9.17) is 5.73 Å². The van der Waals surface area contributed by atoms with Crippen LogP contribution < -0.4 is 11.1 Å². The van der Waals surface area contributed by atoms with Crippen molar-refractivity contribution in [2.75, 3.05) is 6.54 Å². The number of hydrogen-bond acceptors (Lipinski definition) is 2. The lowest BCUT2D eigenvalue weighted by molar-refractivity contribution is 0.526. The lowest BCUT2D eigenvalue weighted by Gasteiger charge is -2.09. The van der Waals surface area contributed by atoms with E-state index in [0.717, 1.165) is 19.0 Å². The zero-order valence-electron chi connectivity index (χ0n) is 7.47. The summed E-state index contributed by atoms with van der Waals surface area (Å²) >= 11 is 0. The van der Waals surface area contributed by atoms with Gasteiger partial charge in [0, 0.05) is 12.1 Å². The molecule has 1 aliphatic rings. The molecule has 0 amide bonds. The third-order valence-electron chi connectivity index (χ3n) is 2.18. The van der Waals surface area contributed by atoms with Gasteiger partial charge in [-0.05, 0) is 32.2 Å². The first kappa shape index (κ1) is 9.01. The molecule has 0 heterocycles. The molecule has 0 spiro atoms. The molecule has 0 aromatic rings. The fourth-order valence-corrected chi connectivity index (χ4v) is 1.28. The maximum Gasteiger partial charge on any atom is 0.00682 e. The molecule has 1 rings (SSSR count). The summed E-state index contributed by atoms with van der Waals surface area (Å²) in [5.74, 6) is 0. The van der Waals surface area contributed by atoms with Gasteiger partial charge in [-0.3, -0.25) is 0 Å². The van der Waals surface area contributed by atoms with Gasteiger partial charge in [0.2, 0.25) is 0 Å². The second-order valence-electron chi connectivity index (χ2n) is 3.57. The number of hydrogen-bond donors (Lipinski definition) is 2. The molecule has 1 atom stereocenters. The summed E-state index contributed by atoms with van der Waals surface area (Å²) in [6.07, 6.45) is 6.29. The smallest absolute Gasteiger partial charge is 0.00682 e. The van der Waals surface area contributed by atoms with E-state index in [1.54, 1.807) is 0 Å². The molecule has 0 bridgehead atoms. The molecule has 3 N–H and O–H groups in total. The van der Waals surface area contributed by atoms with E-state index in [9.17, 15) is 0 Å². The van der Waals surface area contributed by atoms with Crippen LogP contribution in [0, 0.1) is 0 Å². The van der Waals surface area contributed by atoms with E-state index in [1.165, 1.54) is 25.7 Å². The quantitative estimate of drug-likeness (QED) is 0.607. The average Bonchev–Trinajstić information content (AvgIpc) is 2.72. The topological polar surface area (TPSA) is 38.0 Å². The van der Waals surface area contributed by atoms with Crippen LogP contribution in [-0.4, -0.2) is 18.6 Å². The van der Waals surface area contributed by atoms with Gasteiger partial charge in [-0.15, -0.1) is 0 Å². The minimum absolute atomic E-state index is 0.422. The van der Waals surface area contributed by atoms with E-state index >= 15 is 0 Å². The van der Waals surface area contributed by atoms with E-state index in [1.807, 2.05) is 0 Å². The molecule has 0 saturated heterocycles. The molecular formula is C9H20N2. The van der Waals surface area contributed by atoms with Gasteiger partial charge < -0.3 is 11.1 Å². The molecule has 11 heavy (non-hydrogen) atoms. The van der Waals surface area contributed by atoms with Crippen molar-refractivity contribution in [2.24, 2.45) is 5.73 Å². The lowest BCUT2D eigenvalue weighted by atomic mass is 10.1. The summed E-state index contributed by atoms with van der Waals surface area (Å²) in [6, 6.07) is 1.26. The van der Waals surface area contributed by atoms with Crippen LogP contribution in [0.25, 0.3) is 0 Å². The Bertz CT molecular complexity index is 99.7. The zero-order valence-corrected chi connectivity index (χ0v) is 7.47. The zero-order chi connectivity index (χ0) is 8.10. The van der Waals surface area contributed by atoms with Gasteiger partial charge in [0.05, 0.1) is 0 Å². The van der Waals surface area contributed by atoms with E-state index in [-0.39, 0.29) is 0 Å². The summed E-state index contributed by atoms with van der Waals surface area (Å²) in [5, 5.41) is 3.47. The molecule has 0 aromatic carbocycles. The van der Waals surface area contributed by atoms with Gasteiger partial charge in [0.25, 0.3) is 0 Å². The van der Waals surface area contributed by atoms with Crippen molar-refractivity contribution in [3.8, 4) is 0 Å². The fourth-order valence-electron chi connectivity index (χ4n) is 1.28. The first-order chi connectivity index (χ1) is 5.33. The highest BCUT2D eigenvalue weighted by molar-refractivity contribution is 4.81. The van der Waals surface area contributed by atoms with Gasteiger partial charge in [-0.25, -0.2) is 0 Å². The molecule has 1 unspecified atom stereocenters. The first-order valence-electron chi connectivity index (χ1n) is 4.82. The number of nitrogens with two attached hydrogens (primary N) is 1. The Morgan fingerprint density at radius 3 is 2.73 bits per heavy atom. The van der Waals surface area contributed by atoms with Crippen LogP contribution in [0.5, 0.6) is 0 Å². The van der Waals surface area contributed by atoms with Crippen molar-refractivity contribution in [2.45, 2.75) is 51.1 Å². The molecule has 1 fully saturated rings. The molecule has 0 radical (unpaired) electrons. The molecular weight excluding hydrogens is 136 g/mol. The van der Waals surface area contributed by atoms with Crippen LogP contribution in [0.4, 0.5) is 0 Å². The molecule has 66 valence electrons. The third-order valence-corrected chi connectivity index (χ3v) is 2.18. The second kappa shape index (κ2) is 4.73. The number of rotatable bonds is 6. The highest BCUT2D eigenvalue weighted by Gasteiger charge is 2.19. The van der Waals surface area contributed by atoms with E-state index < -0.39 is 0 Å². The number of nitrogens with one attached hydrogen (secondary N) is 1. The normalized spacial score (nSPS) is 20.2. The largest absolute Gasteiger partial charge is 0.328 e. The van der Waals surface area contributed by atoms with Gasteiger partial charge >= 0.3 is 0 Å². The van der Waals surface area contributed by atoms with Gasteiger partial charge in [0.1, 0.15) is 0 Å². The Labute approximate surface area is 69.5 Å². The van der Waals surface area contributed by atoms with E-state index in [0.29, 0.717) is 6.04 Å². The van der Waals surface area contributed by atoms with Gasteiger partial charge in [-0.2, -0.15) is 0 Å². The summed E-state index contributed by atoms with van der Waals surface area (Å²) in [5.41, 5.74) is 5.85. The summed E-state index contributed by atoms with van der Waals surface area (Å²) in [7, 11) is 0. The van der Waals surface area contributed by atoms with Gasteiger partial charge in [-0.1, -0.05) is 13.3 Å². The van der Waals surface area contributed by atoms with Crippen LogP contribution in [0.2, 0.25) is 0 Å². The summed E-state index contributed by atoms with van der Waals surface area (Å²) in [6.45, 7) is 3.31. The fraction of sp³-hybridized carbons (Fsp3) is 1.00. The SMILES string of the molecule is CCCC(N)CCNC1CC1. The van der Waals surface area contributed by atoms with Crippen LogP contribution >= 0.6 is 0 Å². The first-order valence-corrected chi connectivity index (χ1v) is 4.82. The predicted octanol–water partition coefficient (Wildman–Crippen LogP) is 1.26. The van der Waals surface area contributed by atoms with Crippen molar-refractivity contribution in [1.29, 1.82) is 0 Å². The molecule has 0 aliphatic heterocycles. The second-order valence-corrected chi connectivity index (χ2v) is 3.57. The van der Waals surface area contributed by atoms with Crippen molar-refractivity contribution in [3.05, 3.63) is 0 Å². The highest BCUT2D eigenvalue weighted by atomic mass is 14.9. The predicted molar refractivity (Wildman–Crippen MR) is 48.5 cm³/mol.